The summed E-state index contributed by atoms with van der Waals surface area (Å²) in [7, 11) is 0. The fraction of sp³-hybridized carbons (Fsp3) is 0.933. The number of amides is 1. The Labute approximate surface area is 128 Å². The molecule has 1 rings (SSSR count). The molecule has 5 heteroatoms. The van der Waals surface area contributed by atoms with E-state index in [4.69, 9.17) is 4.74 Å². The van der Waals surface area contributed by atoms with E-state index in [1.54, 1.807) is 0 Å². The van der Waals surface area contributed by atoms with Gasteiger partial charge in [0.15, 0.2) is 0 Å². The Balaban J connectivity index is 2.39. The van der Waals surface area contributed by atoms with E-state index in [1.165, 1.54) is 12.2 Å². The minimum Gasteiger partial charge on any atom is -0.444 e. The van der Waals surface area contributed by atoms with Gasteiger partial charge in [-0.2, -0.15) is 11.8 Å². The molecule has 1 fully saturated rings. The van der Waals surface area contributed by atoms with Crippen LogP contribution in [0.15, 0.2) is 0 Å². The average molecular weight is 302 g/mol. The summed E-state index contributed by atoms with van der Waals surface area (Å²) in [4.78, 5) is 14.0. The molecule has 1 saturated heterocycles. The first kappa shape index (κ1) is 17.6. The molecule has 1 amide bonds. The number of hydrogen-bond acceptors (Lipinski definition) is 4. The van der Waals surface area contributed by atoms with E-state index in [2.05, 4.69) is 18.5 Å². The third kappa shape index (κ3) is 6.35. The highest BCUT2D eigenvalue weighted by molar-refractivity contribution is 7.98. The lowest BCUT2D eigenvalue weighted by atomic mass is 10.2. The van der Waals surface area contributed by atoms with Crippen LogP contribution in [0.3, 0.4) is 0 Å². The Kier molecular flexibility index (Phi) is 7.17. The Morgan fingerprint density at radius 1 is 1.50 bits per heavy atom. The topological polar surface area (TPSA) is 41.6 Å². The summed E-state index contributed by atoms with van der Waals surface area (Å²) in [6.07, 6.45) is 5.28. The van der Waals surface area contributed by atoms with Gasteiger partial charge in [0.25, 0.3) is 0 Å². The summed E-state index contributed by atoms with van der Waals surface area (Å²) in [5.74, 6) is 1.18. The first-order valence-corrected chi connectivity index (χ1v) is 8.95. The molecule has 2 atom stereocenters. The van der Waals surface area contributed by atoms with E-state index < -0.39 is 5.60 Å². The second kappa shape index (κ2) is 8.13. The van der Waals surface area contributed by atoms with Crippen LogP contribution in [0.4, 0.5) is 4.79 Å². The molecule has 4 nitrogen and oxygen atoms in total. The van der Waals surface area contributed by atoms with Crippen LogP contribution >= 0.6 is 11.8 Å². The van der Waals surface area contributed by atoms with E-state index in [-0.39, 0.29) is 12.1 Å². The lowest BCUT2D eigenvalue weighted by Gasteiger charge is -2.29. The number of thioether (sulfide) groups is 1. The first-order valence-electron chi connectivity index (χ1n) is 7.55. The normalized spacial score (nSPS) is 21.1. The summed E-state index contributed by atoms with van der Waals surface area (Å²) in [5.41, 5.74) is -0.413. The molecule has 1 heterocycles. The highest BCUT2D eigenvalue weighted by Gasteiger charge is 2.31. The van der Waals surface area contributed by atoms with Crippen LogP contribution in [0, 0.1) is 0 Å². The monoisotopic (exact) mass is 302 g/mol. The van der Waals surface area contributed by atoms with E-state index >= 15 is 0 Å². The van der Waals surface area contributed by atoms with E-state index in [0.29, 0.717) is 6.04 Å². The fourth-order valence-electron chi connectivity index (χ4n) is 2.34. The lowest BCUT2D eigenvalue weighted by Crippen LogP contribution is -2.45. The molecule has 2 unspecified atom stereocenters. The van der Waals surface area contributed by atoms with Crippen molar-refractivity contribution in [1.82, 2.24) is 10.2 Å². The number of rotatable bonds is 6. The number of carbonyl (C=O) groups is 1. The van der Waals surface area contributed by atoms with E-state index in [1.807, 2.05) is 37.4 Å². The molecule has 0 aliphatic carbocycles. The number of carbonyl (C=O) groups excluding carboxylic acids is 1. The molecule has 1 aliphatic heterocycles. The van der Waals surface area contributed by atoms with Crippen LogP contribution in [0.25, 0.3) is 0 Å². The molecule has 1 N–H and O–H groups in total. The van der Waals surface area contributed by atoms with Crippen molar-refractivity contribution in [3.8, 4) is 0 Å². The molecule has 0 spiro atoms. The van der Waals surface area contributed by atoms with Crippen LogP contribution in [-0.4, -0.2) is 53.8 Å². The summed E-state index contributed by atoms with van der Waals surface area (Å²) >= 11 is 1.88. The average Bonchev–Trinajstić information content (AvgIpc) is 2.80. The highest BCUT2D eigenvalue weighted by atomic mass is 32.2. The summed E-state index contributed by atoms with van der Waals surface area (Å²) < 4.78 is 5.48. The third-order valence-corrected chi connectivity index (χ3v) is 4.11. The fourth-order valence-corrected chi connectivity index (χ4v) is 2.93. The number of nitrogens with one attached hydrogen (secondary N) is 1. The molecule has 1 aliphatic rings. The van der Waals surface area contributed by atoms with Gasteiger partial charge in [-0.1, -0.05) is 0 Å². The van der Waals surface area contributed by atoms with Gasteiger partial charge in [0.05, 0.1) is 0 Å². The van der Waals surface area contributed by atoms with Crippen LogP contribution in [0.5, 0.6) is 0 Å². The van der Waals surface area contributed by atoms with Gasteiger partial charge in [0.1, 0.15) is 5.60 Å². The number of likely N-dealkylation sites (tertiary alicyclic amines) is 1. The van der Waals surface area contributed by atoms with Gasteiger partial charge in [-0.3, -0.25) is 0 Å². The van der Waals surface area contributed by atoms with Crippen LogP contribution in [-0.2, 0) is 4.74 Å². The maximum Gasteiger partial charge on any atom is 0.410 e. The number of nitrogens with zero attached hydrogens (tertiary/aromatic N) is 1. The Bertz CT molecular complexity index is 305. The van der Waals surface area contributed by atoms with Gasteiger partial charge in [-0.15, -0.1) is 0 Å². The van der Waals surface area contributed by atoms with Gasteiger partial charge in [-0.05, 0) is 59.0 Å². The second-order valence-electron chi connectivity index (χ2n) is 6.56. The van der Waals surface area contributed by atoms with Crippen molar-refractivity contribution in [2.24, 2.45) is 0 Å². The zero-order chi connectivity index (χ0) is 15.2. The van der Waals surface area contributed by atoms with Crippen molar-refractivity contribution in [1.29, 1.82) is 0 Å². The zero-order valence-electron chi connectivity index (χ0n) is 13.6. The van der Waals surface area contributed by atoms with Gasteiger partial charge in [-0.25, -0.2) is 4.79 Å². The molecular weight excluding hydrogens is 272 g/mol. The third-order valence-electron chi connectivity index (χ3n) is 3.46. The van der Waals surface area contributed by atoms with Crippen molar-refractivity contribution in [2.45, 2.75) is 64.6 Å². The standard InChI is InChI=1S/C15H30N2O2S/c1-12(8-10-20-5)16-11-13-7-6-9-17(13)14(18)19-15(2,3)4/h12-13,16H,6-11H2,1-5H3. The molecule has 0 bridgehead atoms. The molecule has 118 valence electrons. The van der Waals surface area contributed by atoms with Crippen LogP contribution in [0.1, 0.15) is 47.0 Å². The van der Waals surface area contributed by atoms with Gasteiger partial charge in [0, 0.05) is 25.2 Å². The predicted octanol–water partition coefficient (Wildman–Crippen LogP) is 3.12. The molecule has 0 saturated carbocycles. The molecular formula is C15H30N2O2S. The number of ether oxygens (including phenoxy) is 1. The molecule has 0 aromatic heterocycles. The zero-order valence-corrected chi connectivity index (χ0v) is 14.4. The Morgan fingerprint density at radius 3 is 2.80 bits per heavy atom. The Morgan fingerprint density at radius 2 is 2.20 bits per heavy atom. The molecule has 20 heavy (non-hydrogen) atoms. The van der Waals surface area contributed by atoms with Crippen molar-refractivity contribution in [3.05, 3.63) is 0 Å². The molecule has 0 aromatic carbocycles. The quantitative estimate of drug-likeness (QED) is 0.818. The minimum absolute atomic E-state index is 0.168. The summed E-state index contributed by atoms with van der Waals surface area (Å²) in [6.45, 7) is 9.65. The first-order chi connectivity index (χ1) is 9.33. The smallest absolute Gasteiger partial charge is 0.410 e. The van der Waals surface area contributed by atoms with Gasteiger partial charge >= 0.3 is 6.09 Å². The SMILES string of the molecule is CSCCC(C)NCC1CCCN1C(=O)OC(C)(C)C. The minimum atomic E-state index is -0.413. The van der Waals surface area contributed by atoms with Crippen molar-refractivity contribution in [3.63, 3.8) is 0 Å². The summed E-state index contributed by atoms with van der Waals surface area (Å²) in [5, 5.41) is 3.54. The van der Waals surface area contributed by atoms with E-state index in [9.17, 15) is 4.79 Å². The van der Waals surface area contributed by atoms with Gasteiger partial charge < -0.3 is 15.0 Å². The van der Waals surface area contributed by atoms with E-state index in [0.717, 1.165) is 25.9 Å². The molecule has 0 radical (unpaired) electrons. The maximum atomic E-state index is 12.2. The van der Waals surface area contributed by atoms with Crippen LogP contribution < -0.4 is 5.32 Å². The maximum absolute atomic E-state index is 12.2. The number of hydrogen-bond donors (Lipinski definition) is 1. The summed E-state index contributed by atoms with van der Waals surface area (Å²) in [6, 6.07) is 0.783. The Hall–Kier alpha value is -0.420. The van der Waals surface area contributed by atoms with Crippen molar-refractivity contribution < 1.29 is 9.53 Å². The highest BCUT2D eigenvalue weighted by Crippen LogP contribution is 2.20. The van der Waals surface area contributed by atoms with Crippen molar-refractivity contribution in [2.75, 3.05) is 25.1 Å². The lowest BCUT2D eigenvalue weighted by molar-refractivity contribution is 0.0225. The van der Waals surface area contributed by atoms with Crippen LogP contribution in [0.2, 0.25) is 0 Å². The largest absolute Gasteiger partial charge is 0.444 e. The van der Waals surface area contributed by atoms with Crippen molar-refractivity contribution >= 4 is 17.9 Å². The predicted molar refractivity (Wildman–Crippen MR) is 86.4 cm³/mol. The molecule has 0 aromatic rings. The second-order valence-corrected chi connectivity index (χ2v) is 7.55. The van der Waals surface area contributed by atoms with Gasteiger partial charge in [0.2, 0.25) is 0 Å².